The van der Waals surface area contributed by atoms with Crippen molar-refractivity contribution in [3.05, 3.63) is 0 Å². The van der Waals surface area contributed by atoms with Gasteiger partial charge in [-0.3, -0.25) is 4.79 Å². The lowest BCUT2D eigenvalue weighted by molar-refractivity contribution is -0.125. The zero-order valence-electron chi connectivity index (χ0n) is 12.6. The van der Waals surface area contributed by atoms with Crippen LogP contribution in [-0.2, 0) is 4.79 Å². The van der Waals surface area contributed by atoms with Crippen molar-refractivity contribution in [2.75, 3.05) is 0 Å². The first-order valence-corrected chi connectivity index (χ1v) is 7.76. The van der Waals surface area contributed by atoms with Crippen LogP contribution in [-0.4, -0.2) is 5.78 Å². The molecule has 102 valence electrons. The van der Waals surface area contributed by atoms with Gasteiger partial charge in [0.1, 0.15) is 5.78 Å². The van der Waals surface area contributed by atoms with E-state index in [9.17, 15) is 4.79 Å². The maximum atomic E-state index is 12.3. The summed E-state index contributed by atoms with van der Waals surface area (Å²) in [6.07, 6.45) is 5.01. The van der Waals surface area contributed by atoms with Gasteiger partial charge in [-0.1, -0.05) is 34.6 Å². The predicted molar refractivity (Wildman–Crippen MR) is 74.2 cm³/mol. The van der Waals surface area contributed by atoms with E-state index in [4.69, 9.17) is 0 Å². The fraction of sp³-hybridized carbons (Fsp3) is 0.941. The largest absolute Gasteiger partial charge is 0.299 e. The van der Waals surface area contributed by atoms with Crippen molar-refractivity contribution in [3.8, 4) is 0 Å². The van der Waals surface area contributed by atoms with E-state index < -0.39 is 0 Å². The normalized spacial score (nSPS) is 48.9. The second-order valence-electron chi connectivity index (χ2n) is 8.74. The van der Waals surface area contributed by atoms with Crippen molar-refractivity contribution in [3.63, 3.8) is 0 Å². The molecule has 3 aliphatic rings. The Morgan fingerprint density at radius 2 is 1.50 bits per heavy atom. The smallest absolute Gasteiger partial charge is 0.139 e. The van der Waals surface area contributed by atoms with Gasteiger partial charge in [-0.25, -0.2) is 0 Å². The lowest BCUT2D eigenvalue weighted by Gasteiger charge is -2.42. The average molecular weight is 248 g/mol. The molecule has 3 rings (SSSR count). The third kappa shape index (κ3) is 1.62. The molecule has 0 bridgehead atoms. The van der Waals surface area contributed by atoms with E-state index in [0.29, 0.717) is 34.4 Å². The maximum Gasteiger partial charge on any atom is 0.139 e. The summed E-state index contributed by atoms with van der Waals surface area (Å²) in [7, 11) is 0. The van der Waals surface area contributed by atoms with E-state index in [1.807, 2.05) is 0 Å². The van der Waals surface area contributed by atoms with Gasteiger partial charge in [-0.05, 0) is 54.3 Å². The highest BCUT2D eigenvalue weighted by atomic mass is 16.1. The molecule has 0 amide bonds. The minimum absolute atomic E-state index is 0.338. The lowest BCUT2D eigenvalue weighted by atomic mass is 9.62. The minimum Gasteiger partial charge on any atom is -0.299 e. The topological polar surface area (TPSA) is 17.1 Å². The van der Waals surface area contributed by atoms with Gasteiger partial charge in [0, 0.05) is 11.8 Å². The predicted octanol–water partition coefficient (Wildman–Crippen LogP) is 4.31. The molecular formula is C17H28O. The molecule has 0 saturated heterocycles. The highest BCUT2D eigenvalue weighted by Gasteiger charge is 2.58. The zero-order chi connectivity index (χ0) is 13.3. The number of fused-ring (bicyclic) bond motifs is 2. The summed E-state index contributed by atoms with van der Waals surface area (Å²) in [4.78, 5) is 12.3. The van der Waals surface area contributed by atoms with Gasteiger partial charge in [-0.2, -0.15) is 0 Å². The molecule has 0 aliphatic heterocycles. The molecule has 0 aromatic carbocycles. The van der Waals surface area contributed by atoms with Crippen LogP contribution in [0.2, 0.25) is 0 Å². The summed E-state index contributed by atoms with van der Waals surface area (Å²) in [6.45, 7) is 11.9. The Morgan fingerprint density at radius 1 is 0.944 bits per heavy atom. The Morgan fingerprint density at radius 3 is 2.11 bits per heavy atom. The molecule has 1 heteroatoms. The average Bonchev–Trinajstić information content (AvgIpc) is 2.60. The van der Waals surface area contributed by atoms with Crippen LogP contribution in [0.3, 0.4) is 0 Å². The van der Waals surface area contributed by atoms with Crippen LogP contribution in [0.5, 0.6) is 0 Å². The monoisotopic (exact) mass is 248 g/mol. The highest BCUT2D eigenvalue weighted by molar-refractivity contribution is 5.85. The molecule has 0 spiro atoms. The van der Waals surface area contributed by atoms with Crippen LogP contribution in [0.15, 0.2) is 0 Å². The Bertz CT molecular complexity index is 379. The van der Waals surface area contributed by atoms with Gasteiger partial charge in [0.25, 0.3) is 0 Å². The Kier molecular flexibility index (Phi) is 2.55. The van der Waals surface area contributed by atoms with Gasteiger partial charge in [0.2, 0.25) is 0 Å². The Hall–Kier alpha value is -0.330. The molecule has 18 heavy (non-hydrogen) atoms. The molecular weight excluding hydrogens is 220 g/mol. The Balaban J connectivity index is 1.90. The first-order chi connectivity index (χ1) is 8.22. The van der Waals surface area contributed by atoms with Crippen LogP contribution < -0.4 is 0 Å². The van der Waals surface area contributed by atoms with Crippen LogP contribution in [0.25, 0.3) is 0 Å². The molecule has 3 aliphatic carbocycles. The lowest BCUT2D eigenvalue weighted by Crippen LogP contribution is -2.36. The number of carbonyl (C=O) groups excluding carboxylic acids is 1. The minimum atomic E-state index is 0.338. The van der Waals surface area contributed by atoms with Gasteiger partial charge in [0.15, 0.2) is 0 Å². The number of hydrogen-bond acceptors (Lipinski definition) is 1. The van der Waals surface area contributed by atoms with Crippen LogP contribution in [0.1, 0.15) is 60.3 Å². The molecule has 3 saturated carbocycles. The number of hydrogen-bond donors (Lipinski definition) is 0. The zero-order valence-corrected chi connectivity index (χ0v) is 12.6. The summed E-state index contributed by atoms with van der Waals surface area (Å²) >= 11 is 0. The van der Waals surface area contributed by atoms with Crippen molar-refractivity contribution in [1.82, 2.24) is 0 Å². The van der Waals surface area contributed by atoms with Crippen molar-refractivity contribution >= 4 is 5.78 Å². The molecule has 5 unspecified atom stereocenters. The van der Waals surface area contributed by atoms with Gasteiger partial charge in [0.05, 0.1) is 0 Å². The van der Waals surface area contributed by atoms with E-state index in [2.05, 4.69) is 34.6 Å². The number of ketones is 1. The third-order valence-electron chi connectivity index (χ3n) is 6.55. The summed E-state index contributed by atoms with van der Waals surface area (Å²) in [5.74, 6) is 3.68. The van der Waals surface area contributed by atoms with Crippen LogP contribution in [0.4, 0.5) is 0 Å². The summed E-state index contributed by atoms with van der Waals surface area (Å²) in [5.41, 5.74) is 0.916. The van der Waals surface area contributed by atoms with E-state index in [-0.39, 0.29) is 0 Å². The van der Waals surface area contributed by atoms with Crippen LogP contribution in [0, 0.1) is 40.4 Å². The standard InChI is InChI=1S/C17H28O/c1-10-6-11-7-13-14(8-12(11)15(10)18)17(4,5)9-16(13,2)3/h10-14H,6-9H2,1-5H3. The highest BCUT2D eigenvalue weighted by Crippen LogP contribution is 2.64. The molecule has 0 aromatic heterocycles. The maximum absolute atomic E-state index is 12.3. The summed E-state index contributed by atoms with van der Waals surface area (Å²) in [5, 5.41) is 0. The summed E-state index contributed by atoms with van der Waals surface area (Å²) in [6, 6.07) is 0. The van der Waals surface area contributed by atoms with Crippen molar-refractivity contribution < 1.29 is 4.79 Å². The SMILES string of the molecule is CC1CC2CC3C(CC2C1=O)C(C)(C)CC3(C)C. The molecule has 0 radical (unpaired) electrons. The van der Waals surface area contributed by atoms with E-state index in [0.717, 1.165) is 11.8 Å². The summed E-state index contributed by atoms with van der Waals surface area (Å²) < 4.78 is 0. The van der Waals surface area contributed by atoms with Crippen molar-refractivity contribution in [2.45, 2.75) is 60.3 Å². The van der Waals surface area contributed by atoms with Crippen molar-refractivity contribution in [2.24, 2.45) is 40.4 Å². The first-order valence-electron chi connectivity index (χ1n) is 7.76. The Labute approximate surface area is 112 Å². The molecule has 0 N–H and O–H groups in total. The molecule has 5 atom stereocenters. The quantitative estimate of drug-likeness (QED) is 0.624. The second-order valence-corrected chi connectivity index (χ2v) is 8.74. The van der Waals surface area contributed by atoms with Gasteiger partial charge in [-0.15, -0.1) is 0 Å². The van der Waals surface area contributed by atoms with Crippen LogP contribution >= 0.6 is 0 Å². The number of Topliss-reactive ketones (excluding diaryl/α,β-unsaturated/α-hetero) is 1. The van der Waals surface area contributed by atoms with Gasteiger partial charge >= 0.3 is 0 Å². The molecule has 3 fully saturated rings. The fourth-order valence-electron chi connectivity index (χ4n) is 5.99. The third-order valence-corrected chi connectivity index (χ3v) is 6.55. The first kappa shape index (κ1) is 12.7. The fourth-order valence-corrected chi connectivity index (χ4v) is 5.99. The molecule has 1 nitrogen and oxygen atoms in total. The van der Waals surface area contributed by atoms with E-state index in [1.165, 1.54) is 25.7 Å². The molecule has 0 aromatic rings. The van der Waals surface area contributed by atoms with Gasteiger partial charge < -0.3 is 0 Å². The van der Waals surface area contributed by atoms with E-state index >= 15 is 0 Å². The van der Waals surface area contributed by atoms with E-state index in [1.54, 1.807) is 0 Å². The molecule has 0 heterocycles. The number of rotatable bonds is 0. The van der Waals surface area contributed by atoms with Crippen molar-refractivity contribution in [1.29, 1.82) is 0 Å². The second kappa shape index (κ2) is 3.61. The number of carbonyl (C=O) groups is 1.